The number of hydrogen-bond acceptors (Lipinski definition) is 3. The highest BCUT2D eigenvalue weighted by atomic mass is 79.9. The molecule has 0 radical (unpaired) electrons. The predicted octanol–water partition coefficient (Wildman–Crippen LogP) is 4.42. The number of ether oxygens (including phenoxy) is 1. The molecular formula is C20H24BrClN2O. The second kappa shape index (κ2) is 9.58. The summed E-state index contributed by atoms with van der Waals surface area (Å²) in [7, 11) is 0. The van der Waals surface area contributed by atoms with Gasteiger partial charge in [0.25, 0.3) is 0 Å². The van der Waals surface area contributed by atoms with Gasteiger partial charge in [0.2, 0.25) is 0 Å². The van der Waals surface area contributed by atoms with Gasteiger partial charge in [-0.3, -0.25) is 0 Å². The van der Waals surface area contributed by atoms with Gasteiger partial charge in [-0.05, 0) is 55.1 Å². The van der Waals surface area contributed by atoms with E-state index in [1.54, 1.807) is 0 Å². The van der Waals surface area contributed by atoms with E-state index in [0.29, 0.717) is 6.61 Å². The second-order valence-electron chi connectivity index (χ2n) is 6.50. The van der Waals surface area contributed by atoms with Crippen molar-refractivity contribution in [3.05, 3.63) is 63.1 Å². The number of nitrogens with one attached hydrogen (secondary N) is 2. The molecular weight excluding hydrogens is 400 g/mol. The topological polar surface area (TPSA) is 33.3 Å². The molecule has 0 saturated carbocycles. The van der Waals surface area contributed by atoms with E-state index in [2.05, 4.69) is 38.7 Å². The molecule has 5 heteroatoms. The highest BCUT2D eigenvalue weighted by Gasteiger charge is 2.15. The molecule has 1 fully saturated rings. The van der Waals surface area contributed by atoms with Crippen LogP contribution in [0.3, 0.4) is 0 Å². The first kappa shape index (κ1) is 18.7. The fourth-order valence-electron chi connectivity index (χ4n) is 2.77. The molecule has 1 saturated heterocycles. The van der Waals surface area contributed by atoms with Crippen LogP contribution in [0.25, 0.3) is 0 Å². The molecule has 0 spiro atoms. The molecule has 3 nitrogen and oxygen atoms in total. The van der Waals surface area contributed by atoms with Crippen molar-refractivity contribution >= 4 is 27.5 Å². The Morgan fingerprint density at radius 3 is 2.64 bits per heavy atom. The molecule has 134 valence electrons. The smallest absolute Gasteiger partial charge is 0.119 e. The van der Waals surface area contributed by atoms with Gasteiger partial charge in [0.15, 0.2) is 0 Å². The van der Waals surface area contributed by atoms with Crippen LogP contribution in [0.1, 0.15) is 17.5 Å². The van der Waals surface area contributed by atoms with Gasteiger partial charge in [-0.25, -0.2) is 0 Å². The van der Waals surface area contributed by atoms with Crippen molar-refractivity contribution in [2.75, 3.05) is 26.2 Å². The van der Waals surface area contributed by atoms with Crippen molar-refractivity contribution < 1.29 is 4.74 Å². The van der Waals surface area contributed by atoms with E-state index in [0.717, 1.165) is 52.7 Å². The van der Waals surface area contributed by atoms with Crippen LogP contribution in [0.5, 0.6) is 5.75 Å². The molecule has 0 amide bonds. The predicted molar refractivity (Wildman–Crippen MR) is 107 cm³/mol. The van der Waals surface area contributed by atoms with Crippen LogP contribution in [0.15, 0.2) is 46.9 Å². The van der Waals surface area contributed by atoms with Crippen LogP contribution in [0.4, 0.5) is 0 Å². The molecule has 0 bridgehead atoms. The Bertz CT molecular complexity index is 674. The molecule has 1 heterocycles. The van der Waals surface area contributed by atoms with E-state index >= 15 is 0 Å². The lowest BCUT2D eigenvalue weighted by Gasteiger charge is -2.27. The zero-order valence-corrected chi connectivity index (χ0v) is 16.6. The molecule has 0 unspecified atom stereocenters. The highest BCUT2D eigenvalue weighted by Crippen LogP contribution is 2.23. The summed E-state index contributed by atoms with van der Waals surface area (Å²) in [6, 6.07) is 14.2. The number of halogens is 2. The van der Waals surface area contributed by atoms with Gasteiger partial charge in [-0.1, -0.05) is 45.7 Å². The van der Waals surface area contributed by atoms with Crippen molar-refractivity contribution in [3.8, 4) is 5.75 Å². The number of aryl methyl sites for hydroxylation is 1. The maximum Gasteiger partial charge on any atom is 0.119 e. The first-order valence-corrected chi connectivity index (χ1v) is 9.95. The zero-order chi connectivity index (χ0) is 17.5. The van der Waals surface area contributed by atoms with Gasteiger partial charge in [0.1, 0.15) is 12.4 Å². The third kappa shape index (κ3) is 6.00. The van der Waals surface area contributed by atoms with Crippen molar-refractivity contribution in [2.24, 2.45) is 5.92 Å². The minimum absolute atomic E-state index is 0.525. The summed E-state index contributed by atoms with van der Waals surface area (Å²) in [5.41, 5.74) is 2.44. The summed E-state index contributed by atoms with van der Waals surface area (Å²) in [5.74, 6) is 1.72. The number of rotatable bonds is 9. The Morgan fingerprint density at radius 1 is 1.16 bits per heavy atom. The normalized spacial score (nSPS) is 14.3. The second-order valence-corrected chi connectivity index (χ2v) is 7.79. The fraction of sp³-hybridized carbons (Fsp3) is 0.400. The van der Waals surface area contributed by atoms with E-state index in [1.165, 1.54) is 18.7 Å². The minimum atomic E-state index is 0.525. The Labute approximate surface area is 163 Å². The molecule has 1 aliphatic heterocycles. The van der Waals surface area contributed by atoms with Crippen LogP contribution in [0, 0.1) is 5.92 Å². The summed E-state index contributed by atoms with van der Waals surface area (Å²) in [4.78, 5) is 0. The standard InChI is InChI=1S/C20H24BrClN2O/c21-20-10-18(22)6-5-17(20)14-25-19-7-3-15(4-8-19)2-1-9-23-11-16-12-24-13-16/h3-8,10,16,23-24H,1-2,9,11-14H2. The zero-order valence-electron chi connectivity index (χ0n) is 14.2. The molecule has 0 aromatic heterocycles. The summed E-state index contributed by atoms with van der Waals surface area (Å²) < 4.78 is 6.84. The van der Waals surface area contributed by atoms with E-state index in [-0.39, 0.29) is 0 Å². The van der Waals surface area contributed by atoms with Gasteiger partial charge in [0.05, 0.1) is 0 Å². The van der Waals surface area contributed by atoms with Crippen LogP contribution >= 0.6 is 27.5 Å². The molecule has 2 aromatic rings. The fourth-order valence-corrected chi connectivity index (χ4v) is 3.57. The number of hydrogen-bond donors (Lipinski definition) is 2. The number of benzene rings is 2. The molecule has 2 aromatic carbocycles. The third-order valence-corrected chi connectivity index (χ3v) is 5.42. The monoisotopic (exact) mass is 422 g/mol. The lowest BCUT2D eigenvalue weighted by atomic mass is 10.0. The van der Waals surface area contributed by atoms with Crippen LogP contribution in [-0.4, -0.2) is 26.2 Å². The maximum atomic E-state index is 5.96. The van der Waals surface area contributed by atoms with Gasteiger partial charge in [0, 0.05) is 34.7 Å². The Kier molecular flexibility index (Phi) is 7.17. The Morgan fingerprint density at radius 2 is 1.96 bits per heavy atom. The van der Waals surface area contributed by atoms with Crippen molar-refractivity contribution in [2.45, 2.75) is 19.4 Å². The van der Waals surface area contributed by atoms with Gasteiger partial charge < -0.3 is 15.4 Å². The highest BCUT2D eigenvalue weighted by molar-refractivity contribution is 9.10. The summed E-state index contributed by atoms with van der Waals surface area (Å²) in [6.45, 7) is 5.08. The average molecular weight is 424 g/mol. The summed E-state index contributed by atoms with van der Waals surface area (Å²) in [6.07, 6.45) is 2.26. The van der Waals surface area contributed by atoms with E-state index < -0.39 is 0 Å². The molecule has 3 rings (SSSR count). The van der Waals surface area contributed by atoms with Crippen LogP contribution < -0.4 is 15.4 Å². The average Bonchev–Trinajstić information content (AvgIpc) is 2.57. The summed E-state index contributed by atoms with van der Waals surface area (Å²) in [5, 5.41) is 7.56. The van der Waals surface area contributed by atoms with Crippen LogP contribution in [-0.2, 0) is 13.0 Å². The minimum Gasteiger partial charge on any atom is -0.489 e. The first-order valence-electron chi connectivity index (χ1n) is 8.78. The summed E-state index contributed by atoms with van der Waals surface area (Å²) >= 11 is 9.48. The molecule has 2 N–H and O–H groups in total. The third-order valence-electron chi connectivity index (χ3n) is 4.45. The largest absolute Gasteiger partial charge is 0.489 e. The molecule has 25 heavy (non-hydrogen) atoms. The van der Waals surface area contributed by atoms with Crippen LogP contribution in [0.2, 0.25) is 5.02 Å². The lowest BCUT2D eigenvalue weighted by Crippen LogP contribution is -2.47. The van der Waals surface area contributed by atoms with Gasteiger partial charge in [-0.15, -0.1) is 0 Å². The first-order chi connectivity index (χ1) is 12.2. The SMILES string of the molecule is Clc1ccc(COc2ccc(CCCNCC3CNC3)cc2)c(Br)c1. The van der Waals surface area contributed by atoms with E-state index in [1.807, 2.05) is 30.3 Å². The van der Waals surface area contributed by atoms with Crippen molar-refractivity contribution in [3.63, 3.8) is 0 Å². The van der Waals surface area contributed by atoms with E-state index in [4.69, 9.17) is 16.3 Å². The maximum absolute atomic E-state index is 5.96. The van der Waals surface area contributed by atoms with Crippen molar-refractivity contribution in [1.29, 1.82) is 0 Å². The lowest BCUT2D eigenvalue weighted by molar-refractivity contribution is 0.305. The quantitative estimate of drug-likeness (QED) is 0.586. The van der Waals surface area contributed by atoms with E-state index in [9.17, 15) is 0 Å². The Balaban J connectivity index is 1.37. The van der Waals surface area contributed by atoms with Gasteiger partial charge in [-0.2, -0.15) is 0 Å². The van der Waals surface area contributed by atoms with Crippen molar-refractivity contribution in [1.82, 2.24) is 10.6 Å². The molecule has 0 aliphatic carbocycles. The molecule has 1 aliphatic rings. The Hall–Kier alpha value is -1.07. The van der Waals surface area contributed by atoms with Gasteiger partial charge >= 0.3 is 0 Å². The molecule has 0 atom stereocenters.